The molecule has 8 nitrogen and oxygen atoms in total. The van der Waals surface area contributed by atoms with E-state index in [2.05, 4.69) is 44.4 Å². The molecule has 0 spiro atoms. The van der Waals surface area contributed by atoms with E-state index < -0.39 is 0 Å². The topological polar surface area (TPSA) is 93.0 Å². The van der Waals surface area contributed by atoms with Crippen LogP contribution >= 0.6 is 0 Å². The van der Waals surface area contributed by atoms with Gasteiger partial charge in [0.15, 0.2) is 5.75 Å². The van der Waals surface area contributed by atoms with Gasteiger partial charge in [0.25, 0.3) is 0 Å². The number of H-pyrrole nitrogens is 1. The van der Waals surface area contributed by atoms with E-state index in [0.717, 1.165) is 23.8 Å². The van der Waals surface area contributed by atoms with Gasteiger partial charge in [0.2, 0.25) is 11.6 Å². The highest BCUT2D eigenvalue weighted by molar-refractivity contribution is 5.73. The minimum atomic E-state index is 0.437. The van der Waals surface area contributed by atoms with Gasteiger partial charge < -0.3 is 10.1 Å². The van der Waals surface area contributed by atoms with E-state index in [9.17, 15) is 0 Å². The normalized spacial score (nSPS) is 22.8. The summed E-state index contributed by atoms with van der Waals surface area (Å²) in [6.07, 6.45) is 9.01. The Morgan fingerprint density at radius 1 is 1.40 bits per heavy atom. The quantitative estimate of drug-likeness (QED) is 0.741. The van der Waals surface area contributed by atoms with Crippen molar-refractivity contribution in [1.29, 1.82) is 0 Å². The Bertz CT molecular complexity index is 865. The SMILES string of the molecule is CCC.CNc1nc2c(OCC34CC3C4)c(-c3cn[nH]c3)ncn2n1. The highest BCUT2D eigenvalue weighted by Gasteiger charge is 2.70. The van der Waals surface area contributed by atoms with Crippen LogP contribution in [-0.2, 0) is 0 Å². The molecule has 3 aromatic heterocycles. The molecular weight excluding hydrogens is 318 g/mol. The molecule has 2 fully saturated rings. The van der Waals surface area contributed by atoms with Crippen molar-refractivity contribution in [1.82, 2.24) is 29.8 Å². The average Bonchev–Trinajstić information content (AvgIpc) is 3.25. The van der Waals surface area contributed by atoms with Gasteiger partial charge >= 0.3 is 0 Å². The van der Waals surface area contributed by atoms with Crippen LogP contribution in [-0.4, -0.2) is 43.4 Å². The van der Waals surface area contributed by atoms with Gasteiger partial charge in [0.1, 0.15) is 12.0 Å². The summed E-state index contributed by atoms with van der Waals surface area (Å²) >= 11 is 0. The first kappa shape index (κ1) is 15.9. The molecule has 0 amide bonds. The van der Waals surface area contributed by atoms with Crippen molar-refractivity contribution in [3.8, 4) is 17.0 Å². The van der Waals surface area contributed by atoms with Crippen LogP contribution in [0.25, 0.3) is 16.9 Å². The number of aromatic amines is 1. The fourth-order valence-corrected chi connectivity index (χ4v) is 2.92. The maximum Gasteiger partial charge on any atom is 0.243 e. The summed E-state index contributed by atoms with van der Waals surface area (Å²) in [5.41, 5.74) is 2.73. The Kier molecular flexibility index (Phi) is 3.82. The minimum absolute atomic E-state index is 0.437. The Morgan fingerprint density at radius 2 is 2.16 bits per heavy atom. The molecular formula is C17H23N7O. The predicted octanol–water partition coefficient (Wildman–Crippen LogP) is 2.76. The second-order valence-corrected chi connectivity index (χ2v) is 6.83. The number of fused-ring (bicyclic) bond motifs is 2. The Morgan fingerprint density at radius 3 is 2.76 bits per heavy atom. The van der Waals surface area contributed by atoms with Crippen LogP contribution in [0, 0.1) is 11.3 Å². The molecule has 0 unspecified atom stereocenters. The largest absolute Gasteiger partial charge is 0.487 e. The number of anilines is 1. The van der Waals surface area contributed by atoms with Gasteiger partial charge in [-0.25, -0.2) is 4.98 Å². The highest BCUT2D eigenvalue weighted by Crippen LogP contribution is 2.75. The fourth-order valence-electron chi connectivity index (χ4n) is 2.92. The zero-order valence-electron chi connectivity index (χ0n) is 14.8. The van der Waals surface area contributed by atoms with E-state index in [1.54, 1.807) is 30.3 Å². The van der Waals surface area contributed by atoms with E-state index in [0.29, 0.717) is 22.8 Å². The van der Waals surface area contributed by atoms with Crippen LogP contribution in [0.3, 0.4) is 0 Å². The maximum absolute atomic E-state index is 6.15. The zero-order chi connectivity index (χ0) is 17.4. The second kappa shape index (κ2) is 6.02. The summed E-state index contributed by atoms with van der Waals surface area (Å²) in [6, 6.07) is 0. The van der Waals surface area contributed by atoms with Gasteiger partial charge in [-0.1, -0.05) is 20.3 Å². The third-order valence-corrected chi connectivity index (χ3v) is 4.70. The monoisotopic (exact) mass is 341 g/mol. The molecule has 2 N–H and O–H groups in total. The van der Waals surface area contributed by atoms with Crippen LogP contribution in [0.1, 0.15) is 33.1 Å². The minimum Gasteiger partial charge on any atom is -0.487 e. The summed E-state index contributed by atoms with van der Waals surface area (Å²) in [6.45, 7) is 4.98. The van der Waals surface area contributed by atoms with E-state index in [4.69, 9.17) is 4.74 Å². The van der Waals surface area contributed by atoms with Crippen molar-refractivity contribution < 1.29 is 4.74 Å². The van der Waals surface area contributed by atoms with Crippen LogP contribution in [0.2, 0.25) is 0 Å². The van der Waals surface area contributed by atoms with E-state index in [1.807, 2.05) is 0 Å². The van der Waals surface area contributed by atoms with Crippen LogP contribution < -0.4 is 10.1 Å². The Hall–Kier alpha value is -2.64. The van der Waals surface area contributed by atoms with Crippen molar-refractivity contribution in [2.24, 2.45) is 11.3 Å². The maximum atomic E-state index is 6.15. The number of hydrogen-bond acceptors (Lipinski definition) is 6. The van der Waals surface area contributed by atoms with Gasteiger partial charge in [-0.2, -0.15) is 14.6 Å². The lowest BCUT2D eigenvalue weighted by atomic mass is 10.2. The van der Waals surface area contributed by atoms with Crippen molar-refractivity contribution in [3.05, 3.63) is 18.7 Å². The van der Waals surface area contributed by atoms with Crippen molar-refractivity contribution in [2.75, 3.05) is 19.0 Å². The summed E-state index contributed by atoms with van der Waals surface area (Å²) in [5, 5.41) is 14.1. The van der Waals surface area contributed by atoms with E-state index in [1.165, 1.54) is 19.3 Å². The molecule has 0 aromatic carbocycles. The Labute approximate surface area is 146 Å². The molecule has 0 bridgehead atoms. The zero-order valence-corrected chi connectivity index (χ0v) is 14.8. The van der Waals surface area contributed by atoms with Crippen LogP contribution in [0.4, 0.5) is 5.95 Å². The lowest BCUT2D eigenvalue weighted by Crippen LogP contribution is -2.08. The molecule has 0 atom stereocenters. The highest BCUT2D eigenvalue weighted by atomic mass is 16.5. The van der Waals surface area contributed by atoms with Gasteiger partial charge in [-0.15, -0.1) is 5.10 Å². The molecule has 0 saturated heterocycles. The third-order valence-electron chi connectivity index (χ3n) is 4.70. The molecule has 25 heavy (non-hydrogen) atoms. The molecule has 5 rings (SSSR count). The van der Waals surface area contributed by atoms with Gasteiger partial charge in [0, 0.05) is 24.2 Å². The first-order chi connectivity index (χ1) is 12.2. The van der Waals surface area contributed by atoms with Crippen molar-refractivity contribution in [3.63, 3.8) is 0 Å². The van der Waals surface area contributed by atoms with Crippen molar-refractivity contribution >= 4 is 11.6 Å². The summed E-state index contributed by atoms with van der Waals surface area (Å²) in [4.78, 5) is 8.96. The Balaban J connectivity index is 0.000000490. The smallest absolute Gasteiger partial charge is 0.243 e. The summed E-state index contributed by atoms with van der Waals surface area (Å²) in [7, 11) is 1.79. The van der Waals surface area contributed by atoms with Gasteiger partial charge in [-0.05, 0) is 18.8 Å². The molecule has 132 valence electrons. The predicted molar refractivity (Wildman–Crippen MR) is 94.5 cm³/mol. The molecule has 0 radical (unpaired) electrons. The molecule has 8 heteroatoms. The second-order valence-electron chi connectivity index (χ2n) is 6.83. The molecule has 2 aliphatic carbocycles. The number of ether oxygens (including phenoxy) is 1. The number of nitrogens with zero attached hydrogens (tertiary/aromatic N) is 5. The standard InChI is InChI=1S/C14H15N7O.C3H8/c1-15-13-19-12-11(22-6-14-2-9(14)3-14)10(8-4-17-18-5-8)16-7-21(12)20-13;1-3-2/h4-5,7,9H,2-3,6H2,1H3,(H,15,20)(H,17,18);3H2,1-2H3. The lowest BCUT2D eigenvalue weighted by molar-refractivity contribution is 0.271. The van der Waals surface area contributed by atoms with Crippen LogP contribution in [0.15, 0.2) is 18.7 Å². The van der Waals surface area contributed by atoms with E-state index in [-0.39, 0.29) is 0 Å². The molecule has 2 saturated carbocycles. The average molecular weight is 341 g/mol. The van der Waals surface area contributed by atoms with Gasteiger partial charge in [-0.3, -0.25) is 5.10 Å². The number of nitrogens with one attached hydrogen (secondary N) is 2. The molecule has 2 aliphatic rings. The number of aromatic nitrogens is 6. The molecule has 0 aliphatic heterocycles. The van der Waals surface area contributed by atoms with Crippen LogP contribution in [0.5, 0.6) is 5.75 Å². The molecule has 3 heterocycles. The number of hydrogen-bond donors (Lipinski definition) is 2. The lowest BCUT2D eigenvalue weighted by Gasteiger charge is -2.11. The molecule has 3 aromatic rings. The first-order valence-corrected chi connectivity index (χ1v) is 8.76. The first-order valence-electron chi connectivity index (χ1n) is 8.76. The van der Waals surface area contributed by atoms with Crippen molar-refractivity contribution in [2.45, 2.75) is 33.1 Å². The third kappa shape index (κ3) is 2.81. The number of rotatable bonds is 5. The summed E-state index contributed by atoms with van der Waals surface area (Å²) in [5.74, 6) is 2.10. The van der Waals surface area contributed by atoms with Gasteiger partial charge in [0.05, 0.1) is 12.8 Å². The summed E-state index contributed by atoms with van der Waals surface area (Å²) < 4.78 is 7.78. The fraction of sp³-hybridized carbons (Fsp3) is 0.529. The van der Waals surface area contributed by atoms with E-state index >= 15 is 0 Å².